The third kappa shape index (κ3) is 5.87. The summed E-state index contributed by atoms with van der Waals surface area (Å²) >= 11 is 1.67. The molecule has 1 atom stereocenters. The van der Waals surface area contributed by atoms with Crippen molar-refractivity contribution in [3.05, 3.63) is 29.8 Å². The third-order valence-corrected chi connectivity index (χ3v) is 5.57. The molecule has 2 rings (SSSR count). The van der Waals surface area contributed by atoms with E-state index in [4.69, 9.17) is 4.74 Å². The third-order valence-electron chi connectivity index (χ3n) is 4.92. The molecule has 0 radical (unpaired) electrons. The highest BCUT2D eigenvalue weighted by Crippen LogP contribution is 2.18. The van der Waals surface area contributed by atoms with Crippen molar-refractivity contribution in [2.45, 2.75) is 32.4 Å². The van der Waals surface area contributed by atoms with Crippen LogP contribution >= 0.6 is 11.8 Å². The first-order chi connectivity index (χ1) is 13.0. The van der Waals surface area contributed by atoms with Crippen LogP contribution in [-0.2, 0) is 4.79 Å². The van der Waals surface area contributed by atoms with Gasteiger partial charge in [-0.2, -0.15) is 11.8 Å². The summed E-state index contributed by atoms with van der Waals surface area (Å²) < 4.78 is 5.27. The van der Waals surface area contributed by atoms with Gasteiger partial charge >= 0.3 is 0 Å². The summed E-state index contributed by atoms with van der Waals surface area (Å²) in [5.41, 5.74) is 0.451. The van der Waals surface area contributed by atoms with Gasteiger partial charge in [0.1, 0.15) is 11.8 Å². The fourth-order valence-corrected chi connectivity index (χ4v) is 3.71. The molecular formula is C20H31N3O3S. The van der Waals surface area contributed by atoms with Crippen molar-refractivity contribution in [1.82, 2.24) is 15.1 Å². The van der Waals surface area contributed by atoms with E-state index in [0.29, 0.717) is 36.9 Å². The molecule has 0 saturated carbocycles. The van der Waals surface area contributed by atoms with E-state index in [1.54, 1.807) is 30.0 Å². The number of ether oxygens (including phenoxy) is 1. The molecule has 1 saturated heterocycles. The minimum Gasteiger partial charge on any atom is -0.496 e. The molecule has 1 heterocycles. The molecule has 150 valence electrons. The highest BCUT2D eigenvalue weighted by molar-refractivity contribution is 7.98. The molecule has 2 amide bonds. The van der Waals surface area contributed by atoms with Crippen molar-refractivity contribution in [2.24, 2.45) is 0 Å². The standard InChI is InChI=1S/C20H31N3O3S/c1-15(2)22-10-12-23(13-11-22)20(25)17(9-14-27-4)21-19(24)16-7-5-6-8-18(16)26-3/h5-8,15,17H,9-14H2,1-4H3,(H,21,24). The van der Waals surface area contributed by atoms with E-state index in [2.05, 4.69) is 24.1 Å². The molecule has 0 aliphatic carbocycles. The number of carbonyl (C=O) groups excluding carboxylic acids is 2. The molecule has 1 unspecified atom stereocenters. The predicted molar refractivity (Wildman–Crippen MR) is 111 cm³/mol. The van der Waals surface area contributed by atoms with Crippen LogP contribution in [0.5, 0.6) is 5.75 Å². The van der Waals surface area contributed by atoms with Crippen molar-refractivity contribution in [2.75, 3.05) is 45.3 Å². The summed E-state index contributed by atoms with van der Waals surface area (Å²) in [4.78, 5) is 30.1. The average Bonchev–Trinajstić information content (AvgIpc) is 2.70. The lowest BCUT2D eigenvalue weighted by Crippen LogP contribution is -2.56. The molecule has 1 aromatic rings. The maximum absolute atomic E-state index is 13.1. The van der Waals surface area contributed by atoms with Crippen LogP contribution in [0.2, 0.25) is 0 Å². The van der Waals surface area contributed by atoms with Gasteiger partial charge in [0.2, 0.25) is 5.91 Å². The average molecular weight is 394 g/mol. The number of rotatable bonds is 8. The van der Waals surface area contributed by atoms with Gasteiger partial charge in [-0.25, -0.2) is 0 Å². The van der Waals surface area contributed by atoms with Crippen LogP contribution in [0.4, 0.5) is 0 Å². The Labute approximate surface area is 166 Å². The number of thioether (sulfide) groups is 1. The zero-order valence-corrected chi connectivity index (χ0v) is 17.6. The van der Waals surface area contributed by atoms with Crippen LogP contribution in [-0.4, -0.2) is 79.0 Å². The van der Waals surface area contributed by atoms with Crippen LogP contribution in [0, 0.1) is 0 Å². The fourth-order valence-electron chi connectivity index (χ4n) is 3.24. The van der Waals surface area contributed by atoms with Crippen molar-refractivity contribution in [3.63, 3.8) is 0 Å². The van der Waals surface area contributed by atoms with E-state index >= 15 is 0 Å². The lowest BCUT2D eigenvalue weighted by Gasteiger charge is -2.38. The van der Waals surface area contributed by atoms with Gasteiger partial charge in [0.25, 0.3) is 5.91 Å². The van der Waals surface area contributed by atoms with Crippen LogP contribution in [0.1, 0.15) is 30.6 Å². The second kappa shape index (κ2) is 10.6. The number of methoxy groups -OCH3 is 1. The zero-order valence-electron chi connectivity index (χ0n) is 16.7. The Morgan fingerprint density at radius 1 is 1.19 bits per heavy atom. The number of nitrogens with zero attached hydrogens (tertiary/aromatic N) is 2. The number of nitrogens with one attached hydrogen (secondary N) is 1. The largest absolute Gasteiger partial charge is 0.496 e. The summed E-state index contributed by atoms with van der Waals surface area (Å²) in [5, 5.41) is 2.94. The number of benzene rings is 1. The number of piperazine rings is 1. The molecule has 0 bridgehead atoms. The topological polar surface area (TPSA) is 61.9 Å². The maximum atomic E-state index is 13.1. The smallest absolute Gasteiger partial charge is 0.255 e. The van der Waals surface area contributed by atoms with E-state index < -0.39 is 6.04 Å². The summed E-state index contributed by atoms with van der Waals surface area (Å²) in [7, 11) is 1.54. The first-order valence-corrected chi connectivity index (χ1v) is 10.8. The first-order valence-electron chi connectivity index (χ1n) is 9.43. The van der Waals surface area contributed by atoms with Crippen LogP contribution in [0.25, 0.3) is 0 Å². The molecule has 7 heteroatoms. The Balaban J connectivity index is 2.06. The summed E-state index contributed by atoms with van der Waals surface area (Å²) in [6.45, 7) is 7.51. The molecule has 1 aliphatic rings. The number of hydrogen-bond acceptors (Lipinski definition) is 5. The SMILES string of the molecule is COc1ccccc1C(=O)NC(CCSC)C(=O)N1CCN(C(C)C)CC1. The van der Waals surface area contributed by atoms with Gasteiger partial charge in [-0.15, -0.1) is 0 Å². The Bertz CT molecular complexity index is 631. The predicted octanol–water partition coefficient (Wildman–Crippen LogP) is 2.10. The normalized spacial score (nSPS) is 16.3. The van der Waals surface area contributed by atoms with Crippen LogP contribution in [0.15, 0.2) is 24.3 Å². The monoisotopic (exact) mass is 393 g/mol. The maximum Gasteiger partial charge on any atom is 0.255 e. The number of hydrogen-bond donors (Lipinski definition) is 1. The van der Waals surface area contributed by atoms with Gasteiger partial charge in [-0.05, 0) is 44.4 Å². The summed E-state index contributed by atoms with van der Waals surface area (Å²) in [6, 6.07) is 7.05. The Morgan fingerprint density at radius 2 is 1.85 bits per heavy atom. The van der Waals surface area contributed by atoms with Crippen LogP contribution in [0.3, 0.4) is 0 Å². The molecule has 0 spiro atoms. The first kappa shape index (κ1) is 21.6. The van der Waals surface area contributed by atoms with Crippen molar-refractivity contribution < 1.29 is 14.3 Å². The van der Waals surface area contributed by atoms with Gasteiger partial charge in [-0.3, -0.25) is 14.5 Å². The fraction of sp³-hybridized carbons (Fsp3) is 0.600. The van der Waals surface area contributed by atoms with E-state index in [-0.39, 0.29) is 11.8 Å². The molecular weight excluding hydrogens is 362 g/mol. The molecule has 0 aromatic heterocycles. The second-order valence-corrected chi connectivity index (χ2v) is 7.95. The Hall–Kier alpha value is -1.73. The highest BCUT2D eigenvalue weighted by atomic mass is 32.2. The number of carbonyl (C=O) groups is 2. The minimum absolute atomic E-state index is 0.00991. The lowest BCUT2D eigenvalue weighted by atomic mass is 10.1. The number of amides is 2. The quantitative estimate of drug-likeness (QED) is 0.733. The molecule has 1 fully saturated rings. The van der Waals surface area contributed by atoms with E-state index in [1.165, 1.54) is 7.11 Å². The molecule has 1 N–H and O–H groups in total. The number of para-hydroxylation sites is 1. The van der Waals surface area contributed by atoms with E-state index in [0.717, 1.165) is 18.8 Å². The Morgan fingerprint density at radius 3 is 2.44 bits per heavy atom. The molecule has 1 aromatic carbocycles. The van der Waals surface area contributed by atoms with Crippen molar-refractivity contribution in [3.8, 4) is 5.75 Å². The van der Waals surface area contributed by atoms with Crippen molar-refractivity contribution in [1.29, 1.82) is 0 Å². The van der Waals surface area contributed by atoms with Crippen molar-refractivity contribution >= 4 is 23.6 Å². The zero-order chi connectivity index (χ0) is 19.8. The molecule has 6 nitrogen and oxygen atoms in total. The lowest BCUT2D eigenvalue weighted by molar-refractivity contribution is -0.135. The molecule has 1 aliphatic heterocycles. The van der Waals surface area contributed by atoms with Gasteiger partial charge in [0.15, 0.2) is 0 Å². The summed E-state index contributed by atoms with van der Waals surface area (Å²) in [6.07, 6.45) is 2.62. The molecule has 27 heavy (non-hydrogen) atoms. The van der Waals surface area contributed by atoms with Gasteiger partial charge in [0, 0.05) is 32.2 Å². The van der Waals surface area contributed by atoms with E-state index in [1.807, 2.05) is 17.2 Å². The van der Waals surface area contributed by atoms with Gasteiger partial charge in [-0.1, -0.05) is 12.1 Å². The minimum atomic E-state index is -0.513. The van der Waals surface area contributed by atoms with Crippen LogP contribution < -0.4 is 10.1 Å². The second-order valence-electron chi connectivity index (χ2n) is 6.96. The summed E-state index contributed by atoms with van der Waals surface area (Å²) in [5.74, 6) is 1.06. The van der Waals surface area contributed by atoms with Gasteiger partial charge < -0.3 is 15.0 Å². The highest BCUT2D eigenvalue weighted by Gasteiger charge is 2.29. The van der Waals surface area contributed by atoms with Gasteiger partial charge in [0.05, 0.1) is 12.7 Å². The van der Waals surface area contributed by atoms with E-state index in [9.17, 15) is 9.59 Å². The Kier molecular flexibility index (Phi) is 8.44.